The molecule has 1 fully saturated rings. The van der Waals surface area contributed by atoms with Gasteiger partial charge in [0.15, 0.2) is 0 Å². The number of hydrogen-bond donors (Lipinski definition) is 2. The van der Waals surface area contributed by atoms with Gasteiger partial charge in [0.25, 0.3) is 5.91 Å². The minimum Gasteiger partial charge on any atom is -0.381 e. The standard InChI is InChI=1S/C17H22N2O2/c1-13(15-8-11-21-12-9-15)19-17(20)16-6-4-14(5-7-16)3-2-10-18/h4-7,13,15H,8-12,18H2,1H3,(H,19,20). The van der Waals surface area contributed by atoms with E-state index < -0.39 is 0 Å². The van der Waals surface area contributed by atoms with Gasteiger partial charge in [-0.25, -0.2) is 0 Å². The molecule has 4 heteroatoms. The number of carbonyl (C=O) groups excluding carboxylic acids is 1. The monoisotopic (exact) mass is 286 g/mol. The van der Waals surface area contributed by atoms with Crippen LogP contribution in [0.3, 0.4) is 0 Å². The van der Waals surface area contributed by atoms with Crippen molar-refractivity contribution in [3.8, 4) is 11.8 Å². The molecule has 4 nitrogen and oxygen atoms in total. The minimum atomic E-state index is -0.0349. The molecule has 0 radical (unpaired) electrons. The van der Waals surface area contributed by atoms with Crippen molar-refractivity contribution in [3.05, 3.63) is 35.4 Å². The molecule has 1 aliphatic heterocycles. The van der Waals surface area contributed by atoms with Crippen LogP contribution < -0.4 is 11.1 Å². The van der Waals surface area contributed by atoms with Crippen molar-refractivity contribution in [1.29, 1.82) is 0 Å². The van der Waals surface area contributed by atoms with Crippen molar-refractivity contribution in [2.75, 3.05) is 19.8 Å². The first-order chi connectivity index (χ1) is 10.2. The van der Waals surface area contributed by atoms with Gasteiger partial charge in [0.1, 0.15) is 0 Å². The molecule has 0 bridgehead atoms. The van der Waals surface area contributed by atoms with Gasteiger partial charge in [0.2, 0.25) is 0 Å². The summed E-state index contributed by atoms with van der Waals surface area (Å²) < 4.78 is 5.35. The van der Waals surface area contributed by atoms with Gasteiger partial charge in [0.05, 0.1) is 6.54 Å². The normalized spacial score (nSPS) is 16.7. The Morgan fingerprint density at radius 1 is 1.38 bits per heavy atom. The Bertz CT molecular complexity index is 522. The number of carbonyl (C=O) groups is 1. The molecule has 1 saturated heterocycles. The highest BCUT2D eigenvalue weighted by molar-refractivity contribution is 5.94. The fourth-order valence-corrected chi connectivity index (χ4v) is 2.48. The zero-order valence-corrected chi connectivity index (χ0v) is 12.4. The van der Waals surface area contributed by atoms with Crippen molar-refractivity contribution in [2.24, 2.45) is 11.7 Å². The molecule has 1 amide bonds. The van der Waals surface area contributed by atoms with Crippen LogP contribution in [0.4, 0.5) is 0 Å². The van der Waals surface area contributed by atoms with Crippen LogP contribution in [0.5, 0.6) is 0 Å². The Morgan fingerprint density at radius 2 is 2.05 bits per heavy atom. The predicted molar refractivity (Wildman–Crippen MR) is 82.8 cm³/mol. The van der Waals surface area contributed by atoms with Crippen molar-refractivity contribution < 1.29 is 9.53 Å². The summed E-state index contributed by atoms with van der Waals surface area (Å²) in [5, 5.41) is 3.08. The van der Waals surface area contributed by atoms with E-state index in [1.54, 1.807) is 12.1 Å². The van der Waals surface area contributed by atoms with E-state index in [0.717, 1.165) is 31.6 Å². The molecule has 1 heterocycles. The number of benzene rings is 1. The molecule has 3 N–H and O–H groups in total. The summed E-state index contributed by atoms with van der Waals surface area (Å²) in [6.07, 6.45) is 2.02. The zero-order chi connectivity index (χ0) is 15.1. The summed E-state index contributed by atoms with van der Waals surface area (Å²) in [4.78, 5) is 12.2. The third-order valence-corrected chi connectivity index (χ3v) is 3.81. The van der Waals surface area contributed by atoms with E-state index >= 15 is 0 Å². The first-order valence-corrected chi connectivity index (χ1v) is 7.38. The number of hydrogen-bond acceptors (Lipinski definition) is 3. The highest BCUT2D eigenvalue weighted by Crippen LogP contribution is 2.18. The maximum atomic E-state index is 12.2. The van der Waals surface area contributed by atoms with Gasteiger partial charge < -0.3 is 15.8 Å². The topological polar surface area (TPSA) is 64.4 Å². The molecule has 0 spiro atoms. The molecule has 21 heavy (non-hydrogen) atoms. The molecule has 0 aliphatic carbocycles. The summed E-state index contributed by atoms with van der Waals surface area (Å²) in [7, 11) is 0. The number of nitrogens with one attached hydrogen (secondary N) is 1. The van der Waals surface area contributed by atoms with Crippen molar-refractivity contribution >= 4 is 5.91 Å². The lowest BCUT2D eigenvalue weighted by Crippen LogP contribution is -2.40. The molecule has 1 unspecified atom stereocenters. The summed E-state index contributed by atoms with van der Waals surface area (Å²) >= 11 is 0. The van der Waals surface area contributed by atoms with Gasteiger partial charge in [-0.3, -0.25) is 4.79 Å². The van der Waals surface area contributed by atoms with E-state index in [0.29, 0.717) is 18.0 Å². The zero-order valence-electron chi connectivity index (χ0n) is 12.4. The molecular formula is C17H22N2O2. The Morgan fingerprint density at radius 3 is 2.67 bits per heavy atom. The fourth-order valence-electron chi connectivity index (χ4n) is 2.48. The van der Waals surface area contributed by atoms with Gasteiger partial charge in [-0.2, -0.15) is 0 Å². The number of nitrogens with two attached hydrogens (primary N) is 1. The van der Waals surface area contributed by atoms with Gasteiger partial charge in [0, 0.05) is 30.4 Å². The summed E-state index contributed by atoms with van der Waals surface area (Å²) in [6, 6.07) is 7.45. The minimum absolute atomic E-state index is 0.0349. The van der Waals surface area contributed by atoms with Gasteiger partial charge in [-0.05, 0) is 49.9 Å². The first-order valence-electron chi connectivity index (χ1n) is 7.38. The maximum absolute atomic E-state index is 12.2. The highest BCUT2D eigenvalue weighted by atomic mass is 16.5. The molecular weight excluding hydrogens is 264 g/mol. The van der Waals surface area contributed by atoms with E-state index in [1.165, 1.54) is 0 Å². The maximum Gasteiger partial charge on any atom is 0.251 e. The summed E-state index contributed by atoms with van der Waals surface area (Å²) in [6.45, 7) is 3.98. The van der Waals surface area contributed by atoms with E-state index in [4.69, 9.17) is 10.5 Å². The highest BCUT2D eigenvalue weighted by Gasteiger charge is 2.22. The van der Waals surface area contributed by atoms with Crippen LogP contribution in [-0.4, -0.2) is 31.7 Å². The lowest BCUT2D eigenvalue weighted by Gasteiger charge is -2.28. The largest absolute Gasteiger partial charge is 0.381 e. The third-order valence-electron chi connectivity index (χ3n) is 3.81. The average Bonchev–Trinajstić information content (AvgIpc) is 2.54. The molecule has 1 aromatic rings. The van der Waals surface area contributed by atoms with Gasteiger partial charge >= 0.3 is 0 Å². The molecule has 0 saturated carbocycles. The van der Waals surface area contributed by atoms with Crippen LogP contribution in [0.2, 0.25) is 0 Å². The average molecular weight is 286 g/mol. The van der Waals surface area contributed by atoms with Crippen LogP contribution >= 0.6 is 0 Å². The van der Waals surface area contributed by atoms with Crippen molar-refractivity contribution in [3.63, 3.8) is 0 Å². The van der Waals surface area contributed by atoms with Crippen LogP contribution in [0, 0.1) is 17.8 Å². The first kappa shape index (κ1) is 15.6. The molecule has 1 aliphatic rings. The van der Waals surface area contributed by atoms with Crippen LogP contribution in [0.15, 0.2) is 24.3 Å². The lowest BCUT2D eigenvalue weighted by molar-refractivity contribution is 0.0538. The van der Waals surface area contributed by atoms with Crippen LogP contribution in [0.25, 0.3) is 0 Å². The molecule has 2 rings (SSSR count). The fraction of sp³-hybridized carbons (Fsp3) is 0.471. The molecule has 1 atom stereocenters. The number of rotatable bonds is 3. The van der Waals surface area contributed by atoms with E-state index in [-0.39, 0.29) is 11.9 Å². The SMILES string of the molecule is CC(NC(=O)c1ccc(C#CCN)cc1)C1CCOCC1. The third kappa shape index (κ3) is 4.59. The van der Waals surface area contributed by atoms with Crippen molar-refractivity contribution in [1.82, 2.24) is 5.32 Å². The lowest BCUT2D eigenvalue weighted by atomic mass is 9.93. The predicted octanol–water partition coefficient (Wildman–Crippen LogP) is 1.54. The summed E-state index contributed by atoms with van der Waals surface area (Å²) in [5.41, 5.74) is 6.86. The van der Waals surface area contributed by atoms with Gasteiger partial charge in [-0.15, -0.1) is 0 Å². The van der Waals surface area contributed by atoms with Crippen LogP contribution in [-0.2, 0) is 4.74 Å². The Labute approximate surface area is 126 Å². The Kier molecular flexibility index (Phi) is 5.79. The van der Waals surface area contributed by atoms with E-state index in [1.807, 2.05) is 12.1 Å². The van der Waals surface area contributed by atoms with Crippen LogP contribution in [0.1, 0.15) is 35.7 Å². The second-order valence-electron chi connectivity index (χ2n) is 5.30. The summed E-state index contributed by atoms with van der Waals surface area (Å²) in [5.74, 6) is 6.20. The smallest absolute Gasteiger partial charge is 0.251 e. The quantitative estimate of drug-likeness (QED) is 0.829. The molecule has 112 valence electrons. The Hall–Kier alpha value is -1.83. The number of amides is 1. The second-order valence-corrected chi connectivity index (χ2v) is 5.30. The van der Waals surface area contributed by atoms with Crippen molar-refractivity contribution in [2.45, 2.75) is 25.8 Å². The van der Waals surface area contributed by atoms with Gasteiger partial charge in [-0.1, -0.05) is 11.8 Å². The second kappa shape index (κ2) is 7.82. The van der Waals surface area contributed by atoms with E-state index in [9.17, 15) is 4.79 Å². The Balaban J connectivity index is 1.93. The van der Waals surface area contributed by atoms with E-state index in [2.05, 4.69) is 24.1 Å². The molecule has 0 aromatic heterocycles. The molecule has 1 aromatic carbocycles. The number of ether oxygens (including phenoxy) is 1.